The van der Waals surface area contributed by atoms with Gasteiger partial charge < -0.3 is 9.84 Å². The molecular formula is C16H24O2. The van der Waals surface area contributed by atoms with Gasteiger partial charge in [-0.25, -0.2) is 0 Å². The maximum atomic E-state index is 11.1. The van der Waals surface area contributed by atoms with E-state index in [1.165, 1.54) is 6.42 Å². The van der Waals surface area contributed by atoms with Crippen LogP contribution in [0.3, 0.4) is 0 Å². The number of rotatable bonds is 3. The molecule has 0 amide bonds. The minimum Gasteiger partial charge on any atom is -0.493 e. The first-order valence-electron chi connectivity index (χ1n) is 7.04. The van der Waals surface area contributed by atoms with Crippen molar-refractivity contribution in [1.29, 1.82) is 0 Å². The number of para-hydroxylation sites is 1. The third-order valence-corrected chi connectivity index (χ3v) is 4.48. The molecule has 0 aromatic heterocycles. The first kappa shape index (κ1) is 13.4. The molecule has 1 aliphatic carbocycles. The van der Waals surface area contributed by atoms with E-state index in [1.807, 2.05) is 31.2 Å². The lowest BCUT2D eigenvalue weighted by Gasteiger charge is -2.42. The summed E-state index contributed by atoms with van der Waals surface area (Å²) < 4.78 is 5.68. The third-order valence-electron chi connectivity index (χ3n) is 4.48. The second-order valence-corrected chi connectivity index (χ2v) is 5.51. The Balaban J connectivity index is 2.39. The van der Waals surface area contributed by atoms with Crippen LogP contribution < -0.4 is 4.74 Å². The van der Waals surface area contributed by atoms with E-state index in [0.717, 1.165) is 24.2 Å². The van der Waals surface area contributed by atoms with E-state index in [0.29, 0.717) is 12.5 Å². The summed E-state index contributed by atoms with van der Waals surface area (Å²) in [7, 11) is 0. The number of benzene rings is 1. The fraction of sp³-hybridized carbons (Fsp3) is 0.625. The summed E-state index contributed by atoms with van der Waals surface area (Å²) in [5, 5.41) is 11.1. The molecule has 1 N–H and O–H groups in total. The molecule has 100 valence electrons. The molecule has 0 spiro atoms. The lowest BCUT2D eigenvalue weighted by atomic mass is 9.67. The monoisotopic (exact) mass is 248 g/mol. The third kappa shape index (κ3) is 2.26. The zero-order chi connectivity index (χ0) is 13.2. The summed E-state index contributed by atoms with van der Waals surface area (Å²) in [4.78, 5) is 0. The van der Waals surface area contributed by atoms with Gasteiger partial charge in [0, 0.05) is 5.56 Å². The topological polar surface area (TPSA) is 29.5 Å². The van der Waals surface area contributed by atoms with E-state index < -0.39 is 5.60 Å². The average molecular weight is 248 g/mol. The predicted octanol–water partition coefficient (Wildman–Crippen LogP) is 3.73. The Morgan fingerprint density at radius 1 is 1.33 bits per heavy atom. The maximum absolute atomic E-state index is 11.1. The Morgan fingerprint density at radius 3 is 2.78 bits per heavy atom. The largest absolute Gasteiger partial charge is 0.493 e. The normalized spacial score (nSPS) is 32.2. The smallest absolute Gasteiger partial charge is 0.125 e. The molecule has 18 heavy (non-hydrogen) atoms. The van der Waals surface area contributed by atoms with Crippen LogP contribution in [0.2, 0.25) is 0 Å². The molecule has 3 atom stereocenters. The molecule has 0 heterocycles. The average Bonchev–Trinajstić information content (AvgIpc) is 2.37. The van der Waals surface area contributed by atoms with Crippen LogP contribution in [-0.2, 0) is 5.60 Å². The quantitative estimate of drug-likeness (QED) is 0.883. The molecule has 0 bridgehead atoms. The van der Waals surface area contributed by atoms with E-state index in [-0.39, 0.29) is 5.92 Å². The van der Waals surface area contributed by atoms with Crippen molar-refractivity contribution in [3.8, 4) is 5.75 Å². The van der Waals surface area contributed by atoms with Crippen molar-refractivity contribution in [2.75, 3.05) is 6.61 Å². The molecule has 1 aromatic rings. The Kier molecular flexibility index (Phi) is 3.96. The van der Waals surface area contributed by atoms with E-state index in [9.17, 15) is 5.11 Å². The van der Waals surface area contributed by atoms with Gasteiger partial charge in [0.15, 0.2) is 0 Å². The van der Waals surface area contributed by atoms with Crippen molar-refractivity contribution in [3.05, 3.63) is 29.8 Å². The molecule has 2 heteroatoms. The molecule has 1 aliphatic rings. The van der Waals surface area contributed by atoms with Gasteiger partial charge in [-0.2, -0.15) is 0 Å². The molecule has 3 unspecified atom stereocenters. The van der Waals surface area contributed by atoms with E-state index in [2.05, 4.69) is 13.8 Å². The summed E-state index contributed by atoms with van der Waals surface area (Å²) in [6.07, 6.45) is 3.13. The van der Waals surface area contributed by atoms with Crippen LogP contribution in [0.15, 0.2) is 24.3 Å². The SMILES string of the molecule is CCOc1ccccc1C1(O)CCCC(C)C1C. The molecule has 0 radical (unpaired) electrons. The standard InChI is InChI=1S/C16H24O2/c1-4-18-15-10-6-5-9-14(15)16(17)11-7-8-12(2)13(16)3/h5-6,9-10,12-13,17H,4,7-8,11H2,1-3H3. The van der Waals surface area contributed by atoms with Crippen LogP contribution in [0, 0.1) is 11.8 Å². The fourth-order valence-corrected chi connectivity index (χ4v) is 3.13. The van der Waals surface area contributed by atoms with E-state index in [1.54, 1.807) is 0 Å². The summed E-state index contributed by atoms with van der Waals surface area (Å²) in [6.45, 7) is 7.01. The van der Waals surface area contributed by atoms with Crippen LogP contribution in [0.4, 0.5) is 0 Å². The van der Waals surface area contributed by atoms with Gasteiger partial charge >= 0.3 is 0 Å². The van der Waals surface area contributed by atoms with Crippen molar-refractivity contribution < 1.29 is 9.84 Å². The molecule has 1 fully saturated rings. The Morgan fingerprint density at radius 2 is 2.06 bits per heavy atom. The van der Waals surface area contributed by atoms with Crippen molar-refractivity contribution in [2.45, 2.75) is 45.6 Å². The van der Waals surface area contributed by atoms with Crippen molar-refractivity contribution in [2.24, 2.45) is 11.8 Å². The first-order valence-corrected chi connectivity index (χ1v) is 7.04. The highest BCUT2D eigenvalue weighted by atomic mass is 16.5. The molecule has 0 saturated heterocycles. The van der Waals surface area contributed by atoms with Gasteiger partial charge in [-0.05, 0) is 37.7 Å². The minimum atomic E-state index is -0.733. The van der Waals surface area contributed by atoms with Crippen LogP contribution in [0.1, 0.15) is 45.6 Å². The van der Waals surface area contributed by atoms with Gasteiger partial charge in [-0.1, -0.05) is 38.5 Å². The Bertz CT molecular complexity index is 402. The zero-order valence-corrected chi connectivity index (χ0v) is 11.6. The first-order chi connectivity index (χ1) is 8.59. The lowest BCUT2D eigenvalue weighted by Crippen LogP contribution is -2.40. The Labute approximate surface area is 110 Å². The van der Waals surface area contributed by atoms with Crippen molar-refractivity contribution >= 4 is 0 Å². The van der Waals surface area contributed by atoms with Gasteiger partial charge in [0.05, 0.1) is 12.2 Å². The number of ether oxygens (including phenoxy) is 1. The fourth-order valence-electron chi connectivity index (χ4n) is 3.13. The van der Waals surface area contributed by atoms with E-state index in [4.69, 9.17) is 4.74 Å². The maximum Gasteiger partial charge on any atom is 0.125 e. The molecule has 0 aliphatic heterocycles. The molecule has 1 aromatic carbocycles. The van der Waals surface area contributed by atoms with Crippen molar-refractivity contribution in [1.82, 2.24) is 0 Å². The van der Waals surface area contributed by atoms with Crippen LogP contribution >= 0.6 is 0 Å². The van der Waals surface area contributed by atoms with Gasteiger partial charge in [0.25, 0.3) is 0 Å². The minimum absolute atomic E-state index is 0.271. The lowest BCUT2D eigenvalue weighted by molar-refractivity contribution is -0.0703. The second kappa shape index (κ2) is 5.31. The van der Waals surface area contributed by atoms with Gasteiger partial charge in [0.1, 0.15) is 5.75 Å². The Hall–Kier alpha value is -1.02. The summed E-state index contributed by atoms with van der Waals surface area (Å²) in [5.41, 5.74) is 0.231. The van der Waals surface area contributed by atoms with E-state index >= 15 is 0 Å². The zero-order valence-electron chi connectivity index (χ0n) is 11.6. The highest BCUT2D eigenvalue weighted by Gasteiger charge is 2.42. The van der Waals surface area contributed by atoms with Crippen LogP contribution in [0.5, 0.6) is 5.75 Å². The van der Waals surface area contributed by atoms with Gasteiger partial charge in [0.2, 0.25) is 0 Å². The highest BCUT2D eigenvalue weighted by Crippen LogP contribution is 2.46. The molecule has 1 saturated carbocycles. The molecule has 2 nitrogen and oxygen atoms in total. The van der Waals surface area contributed by atoms with Gasteiger partial charge in [-0.3, -0.25) is 0 Å². The summed E-state index contributed by atoms with van der Waals surface area (Å²) >= 11 is 0. The van der Waals surface area contributed by atoms with Crippen LogP contribution in [0.25, 0.3) is 0 Å². The van der Waals surface area contributed by atoms with Gasteiger partial charge in [-0.15, -0.1) is 0 Å². The van der Waals surface area contributed by atoms with Crippen molar-refractivity contribution in [3.63, 3.8) is 0 Å². The highest BCUT2D eigenvalue weighted by molar-refractivity contribution is 5.39. The summed E-state index contributed by atoms with van der Waals surface area (Å²) in [6, 6.07) is 7.93. The van der Waals surface area contributed by atoms with Crippen LogP contribution in [-0.4, -0.2) is 11.7 Å². The predicted molar refractivity (Wildman–Crippen MR) is 73.7 cm³/mol. The molecule has 2 rings (SSSR count). The number of aliphatic hydroxyl groups is 1. The number of hydrogen-bond acceptors (Lipinski definition) is 2. The number of hydrogen-bond donors (Lipinski definition) is 1. The second-order valence-electron chi connectivity index (χ2n) is 5.51. The summed E-state index contributed by atoms with van der Waals surface area (Å²) in [5.74, 6) is 1.66. The molecular weight excluding hydrogens is 224 g/mol.